The maximum Gasteiger partial charge on any atom is 0.408 e. The maximum absolute atomic E-state index is 12.1. The minimum atomic E-state index is -0.591. The third-order valence-corrected chi connectivity index (χ3v) is 4.19. The number of rotatable bonds is 7. The van der Waals surface area contributed by atoms with Crippen LogP contribution in [-0.2, 0) is 9.53 Å². The molecule has 2 atom stereocenters. The number of nitrogens with zero attached hydrogens (tertiary/aromatic N) is 3. The maximum atomic E-state index is 12.1. The SMILES string of the molecule is CC[C@@H](C)[C@@H](NC(=O)OC(C)(C)C)c1nnc(SCC(=O)N(C)C)o1. The number of hydrogen-bond acceptors (Lipinski definition) is 7. The van der Waals surface area contributed by atoms with E-state index in [0.29, 0.717) is 11.1 Å². The summed E-state index contributed by atoms with van der Waals surface area (Å²) in [6.45, 7) is 9.39. The zero-order chi connectivity index (χ0) is 19.2. The Kier molecular flexibility index (Phi) is 7.72. The van der Waals surface area contributed by atoms with Gasteiger partial charge in [0.15, 0.2) is 0 Å². The van der Waals surface area contributed by atoms with Crippen molar-refractivity contribution in [1.82, 2.24) is 20.4 Å². The number of ether oxygens (including phenoxy) is 1. The fraction of sp³-hybridized carbons (Fsp3) is 0.750. The second kappa shape index (κ2) is 9.07. The molecule has 0 spiro atoms. The Bertz CT molecular complexity index is 583. The van der Waals surface area contributed by atoms with Crippen LogP contribution in [0.1, 0.15) is 53.0 Å². The summed E-state index contributed by atoms with van der Waals surface area (Å²) in [6, 6.07) is -0.453. The highest BCUT2D eigenvalue weighted by Gasteiger charge is 2.28. The minimum Gasteiger partial charge on any atom is -0.444 e. The van der Waals surface area contributed by atoms with Gasteiger partial charge in [0.05, 0.1) is 5.75 Å². The second-order valence-electron chi connectivity index (χ2n) is 6.99. The number of aromatic nitrogens is 2. The van der Waals surface area contributed by atoms with Gasteiger partial charge in [-0.05, 0) is 26.7 Å². The smallest absolute Gasteiger partial charge is 0.408 e. The van der Waals surface area contributed by atoms with Gasteiger partial charge in [0.25, 0.3) is 5.22 Å². The summed E-state index contributed by atoms with van der Waals surface area (Å²) in [5.74, 6) is 0.548. The molecule has 0 saturated carbocycles. The van der Waals surface area contributed by atoms with E-state index in [0.717, 1.165) is 6.42 Å². The van der Waals surface area contributed by atoms with Crippen LogP contribution in [0.5, 0.6) is 0 Å². The molecule has 8 nitrogen and oxygen atoms in total. The minimum absolute atomic E-state index is 0.0462. The van der Waals surface area contributed by atoms with E-state index in [-0.39, 0.29) is 17.6 Å². The molecule has 0 aliphatic heterocycles. The molecule has 0 saturated heterocycles. The predicted molar refractivity (Wildman–Crippen MR) is 95.3 cm³/mol. The Hall–Kier alpha value is -1.77. The van der Waals surface area contributed by atoms with Crippen LogP contribution in [0.25, 0.3) is 0 Å². The van der Waals surface area contributed by atoms with E-state index in [1.165, 1.54) is 16.7 Å². The topological polar surface area (TPSA) is 97.6 Å². The fourth-order valence-corrected chi connectivity index (χ4v) is 2.52. The lowest BCUT2D eigenvalue weighted by Crippen LogP contribution is -2.37. The van der Waals surface area contributed by atoms with Crippen molar-refractivity contribution in [1.29, 1.82) is 0 Å². The van der Waals surface area contributed by atoms with Gasteiger partial charge in [-0.25, -0.2) is 4.79 Å². The average Bonchev–Trinajstić information content (AvgIpc) is 2.96. The van der Waals surface area contributed by atoms with E-state index in [4.69, 9.17) is 9.15 Å². The van der Waals surface area contributed by atoms with Crippen LogP contribution in [0, 0.1) is 5.92 Å². The second-order valence-corrected chi connectivity index (χ2v) is 7.92. The number of carbonyl (C=O) groups is 2. The molecule has 0 radical (unpaired) electrons. The van der Waals surface area contributed by atoms with Crippen molar-refractivity contribution < 1.29 is 18.7 Å². The van der Waals surface area contributed by atoms with E-state index < -0.39 is 17.7 Å². The van der Waals surface area contributed by atoms with Crippen molar-refractivity contribution in [2.24, 2.45) is 5.92 Å². The van der Waals surface area contributed by atoms with Crippen molar-refractivity contribution >= 4 is 23.8 Å². The number of hydrogen-bond donors (Lipinski definition) is 1. The Morgan fingerprint density at radius 2 is 1.96 bits per heavy atom. The number of thioether (sulfide) groups is 1. The molecule has 0 fully saturated rings. The summed E-state index contributed by atoms with van der Waals surface area (Å²) in [5.41, 5.74) is -0.591. The van der Waals surface area contributed by atoms with Gasteiger partial charge in [-0.15, -0.1) is 10.2 Å². The van der Waals surface area contributed by atoms with E-state index in [1.807, 2.05) is 13.8 Å². The third kappa shape index (κ3) is 7.33. The normalized spacial score (nSPS) is 13.9. The zero-order valence-electron chi connectivity index (χ0n) is 16.0. The van der Waals surface area contributed by atoms with Crippen LogP contribution in [0.15, 0.2) is 9.64 Å². The highest BCUT2D eigenvalue weighted by molar-refractivity contribution is 7.99. The Balaban J connectivity index is 2.80. The molecular weight excluding hydrogens is 344 g/mol. The van der Waals surface area contributed by atoms with Gasteiger partial charge in [0.2, 0.25) is 11.8 Å². The fourth-order valence-electron chi connectivity index (χ4n) is 1.77. The monoisotopic (exact) mass is 372 g/mol. The van der Waals surface area contributed by atoms with Gasteiger partial charge in [-0.3, -0.25) is 4.79 Å². The summed E-state index contributed by atoms with van der Waals surface area (Å²) in [4.78, 5) is 25.2. The quantitative estimate of drug-likeness (QED) is 0.735. The highest BCUT2D eigenvalue weighted by Crippen LogP contribution is 2.26. The van der Waals surface area contributed by atoms with Gasteiger partial charge in [-0.1, -0.05) is 32.0 Å². The molecule has 25 heavy (non-hydrogen) atoms. The van der Waals surface area contributed by atoms with Crippen molar-refractivity contribution in [2.75, 3.05) is 19.8 Å². The molecule has 9 heteroatoms. The first kappa shape index (κ1) is 21.3. The van der Waals surface area contributed by atoms with E-state index in [2.05, 4.69) is 15.5 Å². The van der Waals surface area contributed by atoms with Crippen molar-refractivity contribution in [3.63, 3.8) is 0 Å². The first-order valence-corrected chi connectivity index (χ1v) is 9.18. The molecule has 0 unspecified atom stereocenters. The van der Waals surface area contributed by atoms with E-state index in [9.17, 15) is 9.59 Å². The highest BCUT2D eigenvalue weighted by atomic mass is 32.2. The van der Waals surface area contributed by atoms with Crippen LogP contribution in [0.3, 0.4) is 0 Å². The lowest BCUT2D eigenvalue weighted by Gasteiger charge is -2.24. The molecule has 1 aromatic heterocycles. The molecule has 0 aliphatic rings. The molecule has 2 amide bonds. The van der Waals surface area contributed by atoms with Crippen LogP contribution in [0.2, 0.25) is 0 Å². The summed E-state index contributed by atoms with van der Waals surface area (Å²) >= 11 is 1.17. The third-order valence-electron chi connectivity index (χ3n) is 3.39. The Morgan fingerprint density at radius 1 is 1.32 bits per heavy atom. The predicted octanol–water partition coefficient (Wildman–Crippen LogP) is 2.86. The first-order chi connectivity index (χ1) is 11.5. The Labute approximate surface area is 153 Å². The van der Waals surface area contributed by atoms with Crippen molar-refractivity contribution in [3.05, 3.63) is 5.89 Å². The summed E-state index contributed by atoms with van der Waals surface area (Å²) in [7, 11) is 3.37. The molecule has 1 rings (SSSR count). The number of carbonyl (C=O) groups excluding carboxylic acids is 2. The van der Waals surface area contributed by atoms with Gasteiger partial charge >= 0.3 is 6.09 Å². The molecule has 142 valence electrons. The standard InChI is InChI=1S/C16H28N4O4S/c1-8-10(2)12(17-14(22)24-16(3,4)5)13-18-19-15(23-13)25-9-11(21)20(6)7/h10,12H,8-9H2,1-7H3,(H,17,22)/t10-,12-/m1/s1. The van der Waals surface area contributed by atoms with Crippen molar-refractivity contribution in [3.8, 4) is 0 Å². The molecule has 0 aromatic carbocycles. The van der Waals surface area contributed by atoms with E-state index in [1.54, 1.807) is 34.9 Å². The number of nitrogens with one attached hydrogen (secondary N) is 1. The van der Waals surface area contributed by atoms with Gasteiger partial charge in [0, 0.05) is 14.1 Å². The van der Waals surface area contributed by atoms with Crippen LogP contribution in [0.4, 0.5) is 4.79 Å². The van der Waals surface area contributed by atoms with Crippen LogP contribution < -0.4 is 5.32 Å². The van der Waals surface area contributed by atoms with Crippen molar-refractivity contribution in [2.45, 2.75) is 57.9 Å². The van der Waals surface area contributed by atoms with Crippen LogP contribution in [-0.4, -0.2) is 52.5 Å². The number of alkyl carbamates (subject to hydrolysis) is 1. The first-order valence-electron chi connectivity index (χ1n) is 8.19. The molecule has 1 heterocycles. The summed E-state index contributed by atoms with van der Waals surface area (Å²) < 4.78 is 10.9. The zero-order valence-corrected chi connectivity index (χ0v) is 16.8. The van der Waals surface area contributed by atoms with E-state index >= 15 is 0 Å². The lowest BCUT2D eigenvalue weighted by molar-refractivity contribution is -0.125. The summed E-state index contributed by atoms with van der Waals surface area (Å²) in [6.07, 6.45) is 0.276. The van der Waals surface area contributed by atoms with Crippen LogP contribution >= 0.6 is 11.8 Å². The molecule has 0 aliphatic carbocycles. The molecular formula is C16H28N4O4S. The Morgan fingerprint density at radius 3 is 2.48 bits per heavy atom. The largest absolute Gasteiger partial charge is 0.444 e. The van der Waals surface area contributed by atoms with Gasteiger partial charge < -0.3 is 19.4 Å². The summed E-state index contributed by atoms with van der Waals surface area (Å²) in [5, 5.41) is 11.1. The average molecular weight is 372 g/mol. The van der Waals surface area contributed by atoms with Gasteiger partial charge in [0.1, 0.15) is 11.6 Å². The lowest BCUT2D eigenvalue weighted by atomic mass is 9.99. The molecule has 1 aromatic rings. The number of amides is 2. The van der Waals surface area contributed by atoms with Gasteiger partial charge in [-0.2, -0.15) is 0 Å². The molecule has 1 N–H and O–H groups in total. The molecule has 0 bridgehead atoms.